The van der Waals surface area contributed by atoms with Gasteiger partial charge in [-0.05, 0) is 18.6 Å². The fourth-order valence-corrected chi connectivity index (χ4v) is 1.51. The highest BCUT2D eigenvalue weighted by Gasteiger charge is 2.12. The zero-order valence-corrected chi connectivity index (χ0v) is 8.82. The molecule has 0 radical (unpaired) electrons. The van der Waals surface area contributed by atoms with E-state index in [4.69, 9.17) is 5.73 Å². The zero-order valence-electron chi connectivity index (χ0n) is 8.82. The Morgan fingerprint density at radius 2 is 2.31 bits per heavy atom. The smallest absolute Gasteiger partial charge is 0.258 e. The van der Waals surface area contributed by atoms with E-state index in [0.717, 1.165) is 5.56 Å². The average Bonchev–Trinajstić information content (AvgIpc) is 2.70. The molecule has 0 spiro atoms. The van der Waals surface area contributed by atoms with Crippen LogP contribution in [0.5, 0.6) is 0 Å². The maximum Gasteiger partial charge on any atom is 0.258 e. The zero-order chi connectivity index (χ0) is 11.5. The molecule has 1 aromatic heterocycles. The van der Waals surface area contributed by atoms with Crippen LogP contribution in [-0.2, 0) is 0 Å². The van der Waals surface area contributed by atoms with Gasteiger partial charge in [0.2, 0.25) is 0 Å². The highest BCUT2D eigenvalue weighted by atomic mass is 16.1. The molecule has 0 aliphatic heterocycles. The monoisotopic (exact) mass is 216 g/mol. The number of rotatable bonds is 2. The molecule has 0 bridgehead atoms. The molecule has 4 N–H and O–H groups in total. The van der Waals surface area contributed by atoms with Gasteiger partial charge in [-0.2, -0.15) is 5.10 Å². The predicted octanol–water partition coefficient (Wildman–Crippen LogP) is 1.55. The molecule has 0 unspecified atom stereocenters. The molecule has 0 aliphatic rings. The number of amides is 1. The molecule has 82 valence electrons. The summed E-state index contributed by atoms with van der Waals surface area (Å²) in [5.41, 5.74) is 8.21. The van der Waals surface area contributed by atoms with Crippen LogP contribution in [0.1, 0.15) is 15.9 Å². The summed E-state index contributed by atoms with van der Waals surface area (Å²) in [6.07, 6.45) is 3.14. The van der Waals surface area contributed by atoms with Crippen molar-refractivity contribution in [1.82, 2.24) is 10.2 Å². The molecule has 1 amide bonds. The third-order valence-corrected chi connectivity index (χ3v) is 2.29. The van der Waals surface area contributed by atoms with Gasteiger partial charge in [-0.15, -0.1) is 0 Å². The molecule has 0 saturated heterocycles. The van der Waals surface area contributed by atoms with Crippen LogP contribution in [0.25, 0.3) is 0 Å². The number of nitrogens with two attached hydrogens (primary N) is 1. The lowest BCUT2D eigenvalue weighted by molar-refractivity contribution is 0.102. The molecule has 1 aromatic carbocycles. The second kappa shape index (κ2) is 4.06. The molecule has 0 aliphatic carbocycles. The van der Waals surface area contributed by atoms with Crippen molar-refractivity contribution in [2.24, 2.45) is 0 Å². The Balaban J connectivity index is 2.28. The first-order valence-electron chi connectivity index (χ1n) is 4.83. The molecular weight excluding hydrogens is 204 g/mol. The number of hydrogen-bond donors (Lipinski definition) is 3. The van der Waals surface area contributed by atoms with Crippen LogP contribution < -0.4 is 11.1 Å². The van der Waals surface area contributed by atoms with E-state index in [1.807, 2.05) is 19.1 Å². The number of aromatic amines is 1. The van der Waals surface area contributed by atoms with Gasteiger partial charge in [0.25, 0.3) is 5.91 Å². The van der Waals surface area contributed by atoms with E-state index in [2.05, 4.69) is 15.5 Å². The summed E-state index contributed by atoms with van der Waals surface area (Å²) in [7, 11) is 0. The molecule has 2 aromatic rings. The summed E-state index contributed by atoms with van der Waals surface area (Å²) in [6.45, 7) is 1.85. The first-order chi connectivity index (χ1) is 7.68. The van der Waals surface area contributed by atoms with Crippen molar-refractivity contribution in [3.05, 3.63) is 41.7 Å². The first-order valence-corrected chi connectivity index (χ1v) is 4.83. The quantitative estimate of drug-likeness (QED) is 0.666. The summed E-state index contributed by atoms with van der Waals surface area (Å²) in [5, 5.41) is 9.07. The number of carbonyl (C=O) groups excluding carboxylic acids is 1. The normalized spacial score (nSPS) is 10.1. The molecule has 1 heterocycles. The van der Waals surface area contributed by atoms with Crippen LogP contribution in [0, 0.1) is 6.92 Å². The number of nitrogens with zero attached hydrogens (tertiary/aromatic N) is 1. The minimum atomic E-state index is -0.225. The summed E-state index contributed by atoms with van der Waals surface area (Å²) in [6, 6.07) is 5.37. The van der Waals surface area contributed by atoms with Crippen molar-refractivity contribution in [2.45, 2.75) is 6.92 Å². The predicted molar refractivity (Wildman–Crippen MR) is 62.1 cm³/mol. The van der Waals surface area contributed by atoms with E-state index in [-0.39, 0.29) is 5.91 Å². The topological polar surface area (TPSA) is 83.8 Å². The van der Waals surface area contributed by atoms with Crippen molar-refractivity contribution < 1.29 is 4.79 Å². The lowest BCUT2D eigenvalue weighted by Gasteiger charge is -2.08. The van der Waals surface area contributed by atoms with Gasteiger partial charge in [0.1, 0.15) is 0 Å². The number of aryl methyl sites for hydroxylation is 1. The van der Waals surface area contributed by atoms with Crippen LogP contribution in [0.3, 0.4) is 0 Å². The molecule has 0 fully saturated rings. The van der Waals surface area contributed by atoms with E-state index in [9.17, 15) is 4.79 Å². The van der Waals surface area contributed by atoms with Crippen LogP contribution in [0.15, 0.2) is 30.6 Å². The second-order valence-electron chi connectivity index (χ2n) is 3.48. The van der Waals surface area contributed by atoms with E-state index < -0.39 is 0 Å². The third kappa shape index (κ3) is 1.88. The molecule has 0 atom stereocenters. The van der Waals surface area contributed by atoms with Crippen molar-refractivity contribution >= 4 is 17.3 Å². The second-order valence-corrected chi connectivity index (χ2v) is 3.48. The minimum Gasteiger partial charge on any atom is -0.398 e. The van der Waals surface area contributed by atoms with Gasteiger partial charge in [0.15, 0.2) is 0 Å². The maximum atomic E-state index is 11.9. The Labute approximate surface area is 92.7 Å². The summed E-state index contributed by atoms with van der Waals surface area (Å²) in [5.74, 6) is -0.225. The summed E-state index contributed by atoms with van der Waals surface area (Å²) in [4.78, 5) is 11.9. The minimum absolute atomic E-state index is 0.225. The molecule has 5 heteroatoms. The Hall–Kier alpha value is -2.30. The Morgan fingerprint density at radius 1 is 1.50 bits per heavy atom. The number of nitrogen functional groups attached to an aromatic ring is 1. The van der Waals surface area contributed by atoms with Crippen molar-refractivity contribution in [1.29, 1.82) is 0 Å². The highest BCUT2D eigenvalue weighted by Crippen LogP contribution is 2.17. The summed E-state index contributed by atoms with van der Waals surface area (Å²) >= 11 is 0. The van der Waals surface area contributed by atoms with E-state index in [1.54, 1.807) is 12.3 Å². The molecule has 0 saturated carbocycles. The molecule has 5 nitrogen and oxygen atoms in total. The average molecular weight is 216 g/mol. The van der Waals surface area contributed by atoms with Gasteiger partial charge in [0, 0.05) is 11.9 Å². The van der Waals surface area contributed by atoms with Crippen molar-refractivity contribution in [3.63, 3.8) is 0 Å². The van der Waals surface area contributed by atoms with Crippen LogP contribution in [-0.4, -0.2) is 16.1 Å². The lowest BCUT2D eigenvalue weighted by atomic mass is 10.1. The number of hydrogen-bond acceptors (Lipinski definition) is 3. The van der Waals surface area contributed by atoms with Crippen molar-refractivity contribution in [3.8, 4) is 0 Å². The van der Waals surface area contributed by atoms with Crippen LogP contribution in [0.2, 0.25) is 0 Å². The van der Waals surface area contributed by atoms with E-state index in [1.165, 1.54) is 6.20 Å². The SMILES string of the molecule is Cc1cccc(N)c1C(=O)Nc1cn[nH]c1. The molecular formula is C11H12N4O. The number of aromatic nitrogens is 2. The number of anilines is 2. The van der Waals surface area contributed by atoms with Crippen molar-refractivity contribution in [2.75, 3.05) is 11.1 Å². The van der Waals surface area contributed by atoms with Gasteiger partial charge in [-0.25, -0.2) is 0 Å². The Kier molecular flexibility index (Phi) is 2.59. The van der Waals surface area contributed by atoms with E-state index >= 15 is 0 Å². The van der Waals surface area contributed by atoms with Gasteiger partial charge in [0.05, 0.1) is 17.4 Å². The maximum absolute atomic E-state index is 11.9. The van der Waals surface area contributed by atoms with Gasteiger partial charge >= 0.3 is 0 Å². The number of carbonyl (C=O) groups is 1. The summed E-state index contributed by atoms with van der Waals surface area (Å²) < 4.78 is 0. The number of nitrogens with one attached hydrogen (secondary N) is 2. The lowest BCUT2D eigenvalue weighted by Crippen LogP contribution is -2.15. The third-order valence-electron chi connectivity index (χ3n) is 2.29. The van der Waals surface area contributed by atoms with Gasteiger partial charge < -0.3 is 11.1 Å². The number of H-pyrrole nitrogens is 1. The Bertz CT molecular complexity index is 484. The molecule has 16 heavy (non-hydrogen) atoms. The first kappa shape index (κ1) is 10.2. The highest BCUT2D eigenvalue weighted by molar-refractivity contribution is 6.08. The van der Waals surface area contributed by atoms with Gasteiger partial charge in [-0.1, -0.05) is 12.1 Å². The fraction of sp³-hybridized carbons (Fsp3) is 0.0909. The largest absolute Gasteiger partial charge is 0.398 e. The van der Waals surface area contributed by atoms with Crippen LogP contribution in [0.4, 0.5) is 11.4 Å². The fourth-order valence-electron chi connectivity index (χ4n) is 1.51. The van der Waals surface area contributed by atoms with Crippen LogP contribution >= 0.6 is 0 Å². The Morgan fingerprint density at radius 3 is 2.94 bits per heavy atom. The van der Waals surface area contributed by atoms with Gasteiger partial charge in [-0.3, -0.25) is 9.89 Å². The molecule has 2 rings (SSSR count). The van der Waals surface area contributed by atoms with E-state index in [0.29, 0.717) is 16.9 Å². The number of benzene rings is 1. The standard InChI is InChI=1S/C11H12N4O/c1-7-3-2-4-9(12)10(7)11(16)15-8-5-13-14-6-8/h2-6H,12H2,1H3,(H,13,14)(H,15,16).